The van der Waals surface area contributed by atoms with Crippen molar-refractivity contribution >= 4 is 0 Å². The largest absolute Gasteiger partial charge is 0.308 e. The van der Waals surface area contributed by atoms with Gasteiger partial charge in [-0.05, 0) is 56.0 Å². The molecule has 0 aromatic heterocycles. The van der Waals surface area contributed by atoms with Crippen LogP contribution in [0.5, 0.6) is 0 Å². The van der Waals surface area contributed by atoms with Crippen molar-refractivity contribution in [3.8, 4) is 0 Å². The highest BCUT2D eigenvalue weighted by Gasteiger charge is 2.17. The SMILES string of the molecule is CN(C)CCN(CCN(C)C)CCN(C)C(C)(C)C. The van der Waals surface area contributed by atoms with Gasteiger partial charge >= 0.3 is 0 Å². The first-order chi connectivity index (χ1) is 8.62. The quantitative estimate of drug-likeness (QED) is 0.624. The van der Waals surface area contributed by atoms with Crippen molar-refractivity contribution in [3.05, 3.63) is 0 Å². The number of rotatable bonds is 9. The number of hydrogen-bond donors (Lipinski definition) is 0. The molecule has 0 spiro atoms. The summed E-state index contributed by atoms with van der Waals surface area (Å²) in [5.41, 5.74) is 0.259. The van der Waals surface area contributed by atoms with Crippen LogP contribution < -0.4 is 0 Å². The fourth-order valence-electron chi connectivity index (χ4n) is 1.65. The Kier molecular flexibility index (Phi) is 8.83. The van der Waals surface area contributed by atoms with Gasteiger partial charge in [-0.25, -0.2) is 0 Å². The van der Waals surface area contributed by atoms with E-state index >= 15 is 0 Å². The van der Waals surface area contributed by atoms with E-state index in [4.69, 9.17) is 0 Å². The fourth-order valence-corrected chi connectivity index (χ4v) is 1.65. The molecule has 0 bridgehead atoms. The summed E-state index contributed by atoms with van der Waals surface area (Å²) in [6.45, 7) is 13.7. The lowest BCUT2D eigenvalue weighted by Gasteiger charge is -2.34. The molecule has 0 saturated heterocycles. The minimum Gasteiger partial charge on any atom is -0.308 e. The smallest absolute Gasteiger partial charge is 0.0122 e. The predicted molar refractivity (Wildman–Crippen MR) is 85.9 cm³/mol. The third-order valence-electron chi connectivity index (χ3n) is 3.62. The van der Waals surface area contributed by atoms with Crippen molar-refractivity contribution < 1.29 is 0 Å². The first-order valence-electron chi connectivity index (χ1n) is 7.36. The van der Waals surface area contributed by atoms with E-state index in [0.717, 1.165) is 39.3 Å². The molecule has 0 aromatic rings. The van der Waals surface area contributed by atoms with Gasteiger partial charge in [-0.1, -0.05) is 0 Å². The predicted octanol–water partition coefficient (Wildman–Crippen LogP) is 1.14. The average molecular weight is 272 g/mol. The molecule has 0 unspecified atom stereocenters. The molecule has 0 atom stereocenters. The summed E-state index contributed by atoms with van der Waals surface area (Å²) in [6.07, 6.45) is 0. The minimum absolute atomic E-state index is 0.259. The molecule has 0 heterocycles. The molecule has 116 valence electrons. The van der Waals surface area contributed by atoms with Gasteiger partial charge in [0.2, 0.25) is 0 Å². The number of nitrogens with zero attached hydrogens (tertiary/aromatic N) is 4. The lowest BCUT2D eigenvalue weighted by atomic mass is 10.1. The summed E-state index contributed by atoms with van der Waals surface area (Å²) in [5.74, 6) is 0. The summed E-state index contributed by atoms with van der Waals surface area (Å²) in [7, 11) is 10.8. The molecule has 0 radical (unpaired) electrons. The maximum atomic E-state index is 2.57. The summed E-state index contributed by atoms with van der Waals surface area (Å²) in [6, 6.07) is 0. The summed E-state index contributed by atoms with van der Waals surface area (Å²) in [4.78, 5) is 9.53. The van der Waals surface area contributed by atoms with Crippen molar-refractivity contribution in [3.63, 3.8) is 0 Å². The number of hydrogen-bond acceptors (Lipinski definition) is 4. The van der Waals surface area contributed by atoms with Crippen LogP contribution in [0.3, 0.4) is 0 Å². The van der Waals surface area contributed by atoms with Crippen LogP contribution >= 0.6 is 0 Å². The fraction of sp³-hybridized carbons (Fsp3) is 1.00. The lowest BCUT2D eigenvalue weighted by Crippen LogP contribution is -2.45. The van der Waals surface area contributed by atoms with Crippen LogP contribution in [0.1, 0.15) is 20.8 Å². The summed E-state index contributed by atoms with van der Waals surface area (Å²) >= 11 is 0. The van der Waals surface area contributed by atoms with Crippen molar-refractivity contribution in [1.29, 1.82) is 0 Å². The van der Waals surface area contributed by atoms with Gasteiger partial charge in [0.1, 0.15) is 0 Å². The van der Waals surface area contributed by atoms with Gasteiger partial charge in [0, 0.05) is 44.8 Å². The first-order valence-corrected chi connectivity index (χ1v) is 7.36. The zero-order chi connectivity index (χ0) is 15.1. The standard InChI is InChI=1S/C15H36N4/c1-15(2,3)18(8)11-14-19(12-9-16(4)5)13-10-17(6)7/h9-14H2,1-8H3. The Bertz CT molecular complexity index is 209. The highest BCUT2D eigenvalue weighted by Crippen LogP contribution is 2.09. The Morgan fingerprint density at radius 1 is 0.579 bits per heavy atom. The van der Waals surface area contributed by atoms with Gasteiger partial charge < -0.3 is 14.7 Å². The van der Waals surface area contributed by atoms with Gasteiger partial charge in [0.15, 0.2) is 0 Å². The maximum Gasteiger partial charge on any atom is 0.0122 e. The van der Waals surface area contributed by atoms with Crippen molar-refractivity contribution in [2.75, 3.05) is 74.5 Å². The van der Waals surface area contributed by atoms with E-state index in [2.05, 4.69) is 75.6 Å². The van der Waals surface area contributed by atoms with Crippen LogP contribution in [0.4, 0.5) is 0 Å². The van der Waals surface area contributed by atoms with E-state index in [1.165, 1.54) is 0 Å². The van der Waals surface area contributed by atoms with Crippen LogP contribution in [-0.2, 0) is 0 Å². The van der Waals surface area contributed by atoms with E-state index in [1.807, 2.05) is 0 Å². The Labute approximate surface area is 121 Å². The minimum atomic E-state index is 0.259. The number of likely N-dealkylation sites (N-methyl/N-ethyl adjacent to an activating group) is 3. The van der Waals surface area contributed by atoms with E-state index in [-0.39, 0.29) is 5.54 Å². The monoisotopic (exact) mass is 272 g/mol. The summed E-state index contributed by atoms with van der Waals surface area (Å²) in [5, 5.41) is 0. The molecule has 0 aromatic carbocycles. The third kappa shape index (κ3) is 10.3. The molecule has 4 heteroatoms. The van der Waals surface area contributed by atoms with E-state index in [0.29, 0.717) is 0 Å². The Morgan fingerprint density at radius 3 is 1.26 bits per heavy atom. The van der Waals surface area contributed by atoms with Crippen LogP contribution in [0, 0.1) is 0 Å². The van der Waals surface area contributed by atoms with Crippen molar-refractivity contribution in [1.82, 2.24) is 19.6 Å². The van der Waals surface area contributed by atoms with Gasteiger partial charge in [-0.15, -0.1) is 0 Å². The molecule has 0 N–H and O–H groups in total. The molecule has 4 nitrogen and oxygen atoms in total. The van der Waals surface area contributed by atoms with Gasteiger partial charge in [-0.3, -0.25) is 4.90 Å². The first kappa shape index (κ1) is 18.8. The van der Waals surface area contributed by atoms with Gasteiger partial charge in [0.05, 0.1) is 0 Å². The van der Waals surface area contributed by atoms with Crippen LogP contribution in [0.15, 0.2) is 0 Å². The average Bonchev–Trinajstić information content (AvgIpc) is 2.25. The maximum absolute atomic E-state index is 2.57. The van der Waals surface area contributed by atoms with Gasteiger partial charge in [0.25, 0.3) is 0 Å². The van der Waals surface area contributed by atoms with Crippen molar-refractivity contribution in [2.45, 2.75) is 26.3 Å². The molecule has 0 saturated carbocycles. The summed E-state index contributed by atoms with van der Waals surface area (Å²) < 4.78 is 0. The highest BCUT2D eigenvalue weighted by molar-refractivity contribution is 4.74. The molecule has 0 aliphatic carbocycles. The normalized spacial score (nSPS) is 13.3. The molecule has 0 aliphatic heterocycles. The molecule has 19 heavy (non-hydrogen) atoms. The van der Waals surface area contributed by atoms with E-state index < -0.39 is 0 Å². The van der Waals surface area contributed by atoms with Crippen molar-refractivity contribution in [2.24, 2.45) is 0 Å². The van der Waals surface area contributed by atoms with Crippen LogP contribution in [0.25, 0.3) is 0 Å². The molecule has 0 aliphatic rings. The topological polar surface area (TPSA) is 13.0 Å². The highest BCUT2D eigenvalue weighted by atomic mass is 15.2. The Morgan fingerprint density at radius 2 is 0.947 bits per heavy atom. The zero-order valence-electron chi connectivity index (χ0n) is 14.5. The molecule has 0 amide bonds. The lowest BCUT2D eigenvalue weighted by molar-refractivity contribution is 0.137. The third-order valence-corrected chi connectivity index (χ3v) is 3.62. The van der Waals surface area contributed by atoms with E-state index in [1.54, 1.807) is 0 Å². The Hall–Kier alpha value is -0.160. The van der Waals surface area contributed by atoms with Gasteiger partial charge in [-0.2, -0.15) is 0 Å². The second-order valence-electron chi connectivity index (χ2n) is 7.04. The second kappa shape index (κ2) is 8.90. The zero-order valence-corrected chi connectivity index (χ0v) is 14.5. The van der Waals surface area contributed by atoms with Crippen LogP contribution in [-0.4, -0.2) is 99.6 Å². The molecule has 0 rings (SSSR count). The molecule has 0 fully saturated rings. The van der Waals surface area contributed by atoms with E-state index in [9.17, 15) is 0 Å². The Balaban J connectivity index is 4.17. The second-order valence-corrected chi connectivity index (χ2v) is 7.04. The molecular weight excluding hydrogens is 236 g/mol. The molecular formula is C15H36N4. The van der Waals surface area contributed by atoms with Crippen LogP contribution in [0.2, 0.25) is 0 Å².